The van der Waals surface area contributed by atoms with Crippen molar-refractivity contribution in [2.24, 2.45) is 0 Å². The average molecular weight is 246 g/mol. The molecule has 4 heteroatoms. The van der Waals surface area contributed by atoms with Crippen LogP contribution in [0.5, 0.6) is 0 Å². The van der Waals surface area contributed by atoms with Crippen LogP contribution in [0.4, 0.5) is 0 Å². The first-order valence-corrected chi connectivity index (χ1v) is 6.70. The van der Waals surface area contributed by atoms with E-state index in [-0.39, 0.29) is 0 Å². The van der Waals surface area contributed by atoms with Gasteiger partial charge < -0.3 is 5.11 Å². The van der Waals surface area contributed by atoms with E-state index in [1.807, 2.05) is 0 Å². The molecule has 2 aromatic rings. The van der Waals surface area contributed by atoms with Crippen molar-refractivity contribution in [3.8, 4) is 0 Å². The lowest BCUT2D eigenvalue weighted by atomic mass is 9.98. The Kier molecular flexibility index (Phi) is 2.91. The van der Waals surface area contributed by atoms with E-state index in [9.17, 15) is 5.11 Å². The topological polar surface area (TPSA) is 46.0 Å². The summed E-state index contributed by atoms with van der Waals surface area (Å²) in [6.07, 6.45) is 9.13. The van der Waals surface area contributed by atoms with Crippen molar-refractivity contribution in [1.29, 1.82) is 0 Å². The van der Waals surface area contributed by atoms with Crippen LogP contribution < -0.4 is 0 Å². The molecule has 0 amide bonds. The molecule has 2 aromatic heterocycles. The van der Waals surface area contributed by atoms with Gasteiger partial charge in [-0.2, -0.15) is 0 Å². The molecule has 0 saturated carbocycles. The van der Waals surface area contributed by atoms with Gasteiger partial charge in [0.1, 0.15) is 12.4 Å². The average Bonchev–Trinajstić information content (AvgIpc) is 2.82. The van der Waals surface area contributed by atoms with Crippen molar-refractivity contribution in [3.05, 3.63) is 45.7 Å². The SMILES string of the molecule is OC(c1cncnc1)c1cc2c(s1)CCCC2. The highest BCUT2D eigenvalue weighted by molar-refractivity contribution is 7.12. The number of aromatic nitrogens is 2. The molecule has 0 saturated heterocycles. The highest BCUT2D eigenvalue weighted by Crippen LogP contribution is 2.34. The number of thiophene rings is 1. The summed E-state index contributed by atoms with van der Waals surface area (Å²) in [5, 5.41) is 10.3. The number of hydrogen-bond acceptors (Lipinski definition) is 4. The van der Waals surface area contributed by atoms with E-state index in [0.717, 1.165) is 23.3 Å². The first kappa shape index (κ1) is 10.9. The molecule has 0 fully saturated rings. The van der Waals surface area contributed by atoms with Crippen LogP contribution in [0, 0.1) is 0 Å². The van der Waals surface area contributed by atoms with Crippen molar-refractivity contribution in [3.63, 3.8) is 0 Å². The molecule has 1 aliphatic carbocycles. The number of aliphatic hydroxyl groups is 1. The minimum absolute atomic E-state index is 0.577. The van der Waals surface area contributed by atoms with Crippen LogP contribution in [0.3, 0.4) is 0 Å². The molecule has 17 heavy (non-hydrogen) atoms. The Morgan fingerprint density at radius 1 is 1.18 bits per heavy atom. The van der Waals surface area contributed by atoms with Gasteiger partial charge in [0.25, 0.3) is 0 Å². The zero-order chi connectivity index (χ0) is 11.7. The van der Waals surface area contributed by atoms with Gasteiger partial charge >= 0.3 is 0 Å². The predicted molar refractivity (Wildman–Crippen MR) is 67.1 cm³/mol. The normalized spacial score (nSPS) is 16.5. The van der Waals surface area contributed by atoms with Crippen LogP contribution in [-0.2, 0) is 12.8 Å². The smallest absolute Gasteiger partial charge is 0.116 e. The van der Waals surface area contributed by atoms with Gasteiger partial charge in [-0.3, -0.25) is 0 Å². The number of rotatable bonds is 2. The van der Waals surface area contributed by atoms with Crippen molar-refractivity contribution in [2.75, 3.05) is 0 Å². The molecule has 1 N–H and O–H groups in total. The molecule has 3 rings (SSSR count). The first-order valence-electron chi connectivity index (χ1n) is 5.89. The van der Waals surface area contributed by atoms with Gasteiger partial charge in [0.2, 0.25) is 0 Å². The summed E-state index contributed by atoms with van der Waals surface area (Å²) in [5.41, 5.74) is 2.19. The Balaban J connectivity index is 1.91. The second kappa shape index (κ2) is 4.55. The molecule has 2 heterocycles. The molecule has 0 aromatic carbocycles. The van der Waals surface area contributed by atoms with Gasteiger partial charge in [-0.1, -0.05) is 0 Å². The molecule has 1 atom stereocenters. The standard InChI is InChI=1S/C13H14N2OS/c16-13(10-6-14-8-15-7-10)12-5-9-3-1-2-4-11(9)17-12/h5-8,13,16H,1-4H2. The summed E-state index contributed by atoms with van der Waals surface area (Å²) in [7, 11) is 0. The third-order valence-electron chi connectivity index (χ3n) is 3.18. The third kappa shape index (κ3) is 2.10. The van der Waals surface area contributed by atoms with Gasteiger partial charge in [-0.15, -0.1) is 11.3 Å². The number of aliphatic hydroxyl groups excluding tert-OH is 1. The molecular formula is C13H14N2OS. The maximum atomic E-state index is 10.3. The summed E-state index contributed by atoms with van der Waals surface area (Å²) < 4.78 is 0. The second-order valence-corrected chi connectivity index (χ2v) is 5.55. The molecule has 88 valence electrons. The number of hydrogen-bond donors (Lipinski definition) is 1. The molecule has 0 bridgehead atoms. The van der Waals surface area contributed by atoms with Crippen LogP contribution in [0.2, 0.25) is 0 Å². The summed E-state index contributed by atoms with van der Waals surface area (Å²) in [5.74, 6) is 0. The van der Waals surface area contributed by atoms with E-state index in [2.05, 4.69) is 16.0 Å². The van der Waals surface area contributed by atoms with E-state index in [0.29, 0.717) is 0 Å². The molecule has 0 aliphatic heterocycles. The maximum absolute atomic E-state index is 10.3. The van der Waals surface area contributed by atoms with Crippen molar-refractivity contribution >= 4 is 11.3 Å². The lowest BCUT2D eigenvalue weighted by Crippen LogP contribution is -1.98. The second-order valence-electron chi connectivity index (χ2n) is 4.38. The Bertz CT molecular complexity index is 486. The third-order valence-corrected chi connectivity index (χ3v) is 4.47. The Morgan fingerprint density at radius 2 is 1.94 bits per heavy atom. The maximum Gasteiger partial charge on any atom is 0.116 e. The van der Waals surface area contributed by atoms with Crippen LogP contribution >= 0.6 is 11.3 Å². The molecular weight excluding hydrogens is 232 g/mol. The van der Waals surface area contributed by atoms with Gasteiger partial charge in [-0.05, 0) is 37.3 Å². The highest BCUT2D eigenvalue weighted by atomic mass is 32.1. The lowest BCUT2D eigenvalue weighted by Gasteiger charge is -2.08. The zero-order valence-corrected chi connectivity index (χ0v) is 10.3. The van der Waals surface area contributed by atoms with E-state index in [1.54, 1.807) is 23.7 Å². The van der Waals surface area contributed by atoms with Crippen LogP contribution in [0.15, 0.2) is 24.8 Å². The van der Waals surface area contributed by atoms with Crippen molar-refractivity contribution < 1.29 is 5.11 Å². The molecule has 1 unspecified atom stereocenters. The minimum Gasteiger partial charge on any atom is -0.383 e. The largest absolute Gasteiger partial charge is 0.383 e. The fraction of sp³-hybridized carbons (Fsp3) is 0.385. The Labute approximate surface area is 104 Å². The Morgan fingerprint density at radius 3 is 2.71 bits per heavy atom. The fourth-order valence-electron chi connectivity index (χ4n) is 2.26. The van der Waals surface area contributed by atoms with Crippen molar-refractivity contribution in [1.82, 2.24) is 9.97 Å². The predicted octanol–water partition coefficient (Wildman–Crippen LogP) is 2.50. The number of aryl methyl sites for hydroxylation is 2. The van der Waals surface area contributed by atoms with Gasteiger partial charge in [0.05, 0.1) is 0 Å². The lowest BCUT2D eigenvalue weighted by molar-refractivity contribution is 0.223. The molecule has 3 nitrogen and oxygen atoms in total. The Hall–Kier alpha value is -1.26. The summed E-state index contributed by atoms with van der Waals surface area (Å²) in [6.45, 7) is 0. The van der Waals surface area contributed by atoms with Gasteiger partial charge in [-0.25, -0.2) is 9.97 Å². The zero-order valence-electron chi connectivity index (χ0n) is 9.47. The number of fused-ring (bicyclic) bond motifs is 1. The molecule has 0 spiro atoms. The van der Waals surface area contributed by atoms with Crippen LogP contribution in [0.1, 0.15) is 39.8 Å². The summed E-state index contributed by atoms with van der Waals surface area (Å²) >= 11 is 1.73. The molecule has 1 aliphatic rings. The van der Waals surface area contributed by atoms with E-state index in [1.165, 1.54) is 29.6 Å². The van der Waals surface area contributed by atoms with E-state index in [4.69, 9.17) is 0 Å². The van der Waals surface area contributed by atoms with Crippen LogP contribution in [-0.4, -0.2) is 15.1 Å². The van der Waals surface area contributed by atoms with E-state index < -0.39 is 6.10 Å². The minimum atomic E-state index is -0.577. The highest BCUT2D eigenvalue weighted by Gasteiger charge is 2.18. The van der Waals surface area contributed by atoms with Crippen LogP contribution in [0.25, 0.3) is 0 Å². The monoisotopic (exact) mass is 246 g/mol. The number of nitrogens with zero attached hydrogens (tertiary/aromatic N) is 2. The first-order chi connectivity index (χ1) is 8.34. The quantitative estimate of drug-likeness (QED) is 0.885. The van der Waals surface area contributed by atoms with Gasteiger partial charge in [0.15, 0.2) is 0 Å². The molecule has 0 radical (unpaired) electrons. The summed E-state index contributed by atoms with van der Waals surface area (Å²) in [4.78, 5) is 10.4. The fourth-order valence-corrected chi connectivity index (χ4v) is 3.54. The van der Waals surface area contributed by atoms with Gasteiger partial charge in [0, 0.05) is 27.7 Å². The summed E-state index contributed by atoms with van der Waals surface area (Å²) in [6, 6.07) is 2.15. The van der Waals surface area contributed by atoms with E-state index >= 15 is 0 Å². The van der Waals surface area contributed by atoms with Crippen molar-refractivity contribution in [2.45, 2.75) is 31.8 Å².